The Balaban J connectivity index is 1.33. The van der Waals surface area contributed by atoms with Crippen molar-refractivity contribution >= 4 is 50.7 Å². The van der Waals surface area contributed by atoms with Gasteiger partial charge in [0, 0.05) is 41.8 Å². The fourth-order valence-electron chi connectivity index (χ4n) is 3.98. The van der Waals surface area contributed by atoms with Crippen LogP contribution in [-0.2, 0) is 4.79 Å². The van der Waals surface area contributed by atoms with Crippen molar-refractivity contribution in [2.75, 3.05) is 35.2 Å². The van der Waals surface area contributed by atoms with Gasteiger partial charge in [-0.15, -0.1) is 17.9 Å². The molecule has 4 rings (SSSR count). The topological polar surface area (TPSA) is 99.2 Å². The highest BCUT2D eigenvalue weighted by Crippen LogP contribution is 2.35. The Labute approximate surface area is 197 Å². The van der Waals surface area contributed by atoms with Crippen molar-refractivity contribution in [3.8, 4) is 0 Å². The Bertz CT molecular complexity index is 1170. The standard InChI is InChI=1S/C24H28N6O2S/c1-4-11-25-24(32)29-19-7-5-18(6-8-19)28-22(31)17-9-12-30(13-10-17)21-20-15(2)16(3)33-23(20)27-14-26-21/h4-8,14,17H,1,9-13H2,2-3H3,(H,28,31)(H2,25,29,32). The van der Waals surface area contributed by atoms with Gasteiger partial charge in [0.25, 0.3) is 0 Å². The van der Waals surface area contributed by atoms with Crippen LogP contribution in [0.15, 0.2) is 43.2 Å². The molecule has 1 saturated heterocycles. The predicted molar refractivity (Wildman–Crippen MR) is 134 cm³/mol. The van der Waals surface area contributed by atoms with E-state index in [4.69, 9.17) is 0 Å². The van der Waals surface area contributed by atoms with E-state index in [0.29, 0.717) is 17.9 Å². The first kappa shape index (κ1) is 22.7. The predicted octanol–water partition coefficient (Wildman–Crippen LogP) is 4.47. The Morgan fingerprint density at radius 1 is 1.12 bits per heavy atom. The van der Waals surface area contributed by atoms with Gasteiger partial charge in [0.2, 0.25) is 5.91 Å². The monoisotopic (exact) mass is 464 g/mol. The van der Waals surface area contributed by atoms with E-state index in [0.717, 1.165) is 42.0 Å². The van der Waals surface area contributed by atoms with Gasteiger partial charge in [0.15, 0.2) is 0 Å². The number of hydrogen-bond acceptors (Lipinski definition) is 6. The van der Waals surface area contributed by atoms with Gasteiger partial charge in [0.1, 0.15) is 17.0 Å². The number of aryl methyl sites for hydroxylation is 2. The number of aromatic nitrogens is 2. The van der Waals surface area contributed by atoms with Gasteiger partial charge in [-0.3, -0.25) is 4.79 Å². The van der Waals surface area contributed by atoms with Gasteiger partial charge < -0.3 is 20.9 Å². The number of urea groups is 1. The van der Waals surface area contributed by atoms with Crippen LogP contribution in [0.3, 0.4) is 0 Å². The molecule has 0 bridgehead atoms. The van der Waals surface area contributed by atoms with Gasteiger partial charge in [-0.25, -0.2) is 14.8 Å². The Hall–Kier alpha value is -3.46. The molecule has 1 aliphatic heterocycles. The molecule has 3 aromatic rings. The van der Waals surface area contributed by atoms with E-state index in [-0.39, 0.29) is 17.9 Å². The van der Waals surface area contributed by atoms with E-state index in [1.807, 2.05) is 0 Å². The maximum absolute atomic E-state index is 12.8. The number of carbonyl (C=O) groups is 2. The molecule has 3 N–H and O–H groups in total. The number of nitrogens with one attached hydrogen (secondary N) is 3. The fraction of sp³-hybridized carbons (Fsp3) is 0.333. The number of benzene rings is 1. The van der Waals surface area contributed by atoms with Gasteiger partial charge in [0.05, 0.1) is 5.39 Å². The first-order chi connectivity index (χ1) is 16.0. The molecule has 8 nitrogen and oxygen atoms in total. The molecule has 0 radical (unpaired) electrons. The second-order valence-electron chi connectivity index (χ2n) is 8.11. The smallest absolute Gasteiger partial charge is 0.319 e. The summed E-state index contributed by atoms with van der Waals surface area (Å²) in [7, 11) is 0. The Morgan fingerprint density at radius 2 is 1.79 bits per heavy atom. The number of piperidine rings is 1. The quantitative estimate of drug-likeness (QED) is 0.468. The number of fused-ring (bicyclic) bond motifs is 1. The fourth-order valence-corrected chi connectivity index (χ4v) is 4.97. The van der Waals surface area contributed by atoms with E-state index < -0.39 is 0 Å². The van der Waals surface area contributed by atoms with Crippen molar-refractivity contribution in [3.63, 3.8) is 0 Å². The number of amides is 3. The SMILES string of the molecule is C=CCNC(=O)Nc1ccc(NC(=O)C2CCN(c3ncnc4sc(C)c(C)c34)CC2)cc1. The van der Waals surface area contributed by atoms with E-state index in [9.17, 15) is 9.59 Å². The van der Waals surface area contributed by atoms with Crippen LogP contribution in [0.2, 0.25) is 0 Å². The lowest BCUT2D eigenvalue weighted by Gasteiger charge is -2.32. The Morgan fingerprint density at radius 3 is 2.45 bits per heavy atom. The van der Waals surface area contributed by atoms with Crippen molar-refractivity contribution in [1.29, 1.82) is 0 Å². The first-order valence-electron chi connectivity index (χ1n) is 11.0. The second-order valence-corrected chi connectivity index (χ2v) is 9.32. The minimum Gasteiger partial charge on any atom is -0.356 e. The maximum atomic E-state index is 12.8. The number of thiophene rings is 1. The summed E-state index contributed by atoms with van der Waals surface area (Å²) in [5.41, 5.74) is 2.60. The minimum atomic E-state index is -0.299. The van der Waals surface area contributed by atoms with Crippen LogP contribution < -0.4 is 20.9 Å². The summed E-state index contributed by atoms with van der Waals surface area (Å²) in [5, 5.41) is 9.52. The van der Waals surface area contributed by atoms with Crippen LogP contribution in [0.4, 0.5) is 22.0 Å². The minimum absolute atomic E-state index is 0.0227. The highest BCUT2D eigenvalue weighted by atomic mass is 32.1. The maximum Gasteiger partial charge on any atom is 0.319 e. The Kier molecular flexibility index (Phi) is 6.88. The molecule has 3 amide bonds. The van der Waals surface area contributed by atoms with Crippen molar-refractivity contribution in [2.45, 2.75) is 26.7 Å². The molecule has 1 fully saturated rings. The molecule has 33 heavy (non-hydrogen) atoms. The third-order valence-electron chi connectivity index (χ3n) is 5.93. The highest BCUT2D eigenvalue weighted by Gasteiger charge is 2.27. The van der Waals surface area contributed by atoms with E-state index in [1.165, 1.54) is 10.4 Å². The van der Waals surface area contributed by atoms with Gasteiger partial charge in [-0.1, -0.05) is 6.08 Å². The summed E-state index contributed by atoms with van der Waals surface area (Å²) >= 11 is 1.70. The number of anilines is 3. The molecule has 0 aliphatic carbocycles. The van der Waals surface area contributed by atoms with Crippen LogP contribution in [0, 0.1) is 19.8 Å². The lowest BCUT2D eigenvalue weighted by Crippen LogP contribution is -2.38. The van der Waals surface area contributed by atoms with Crippen molar-refractivity contribution in [3.05, 3.63) is 53.7 Å². The van der Waals surface area contributed by atoms with Crippen molar-refractivity contribution in [2.24, 2.45) is 5.92 Å². The lowest BCUT2D eigenvalue weighted by atomic mass is 9.95. The molecule has 2 aromatic heterocycles. The molecule has 3 heterocycles. The summed E-state index contributed by atoms with van der Waals surface area (Å²) in [6, 6.07) is 6.80. The molecule has 0 saturated carbocycles. The summed E-state index contributed by atoms with van der Waals surface area (Å²) in [6.07, 6.45) is 4.78. The summed E-state index contributed by atoms with van der Waals surface area (Å²) < 4.78 is 0. The first-order valence-corrected chi connectivity index (χ1v) is 11.8. The van der Waals surface area contributed by atoms with E-state index in [1.54, 1.807) is 48.0 Å². The molecular formula is C24H28N6O2S. The molecule has 0 atom stereocenters. The molecule has 0 unspecified atom stereocenters. The summed E-state index contributed by atoms with van der Waals surface area (Å²) in [4.78, 5) is 38.1. The van der Waals surface area contributed by atoms with Crippen molar-refractivity contribution in [1.82, 2.24) is 15.3 Å². The van der Waals surface area contributed by atoms with Crippen LogP contribution >= 0.6 is 11.3 Å². The number of rotatable bonds is 6. The zero-order valence-corrected chi connectivity index (χ0v) is 19.7. The average molecular weight is 465 g/mol. The molecule has 9 heteroatoms. The number of nitrogens with zero attached hydrogens (tertiary/aromatic N) is 3. The van der Waals surface area contributed by atoms with Crippen LogP contribution in [0.5, 0.6) is 0 Å². The molecular weight excluding hydrogens is 436 g/mol. The van der Waals surface area contributed by atoms with Crippen LogP contribution in [0.25, 0.3) is 10.2 Å². The van der Waals surface area contributed by atoms with E-state index in [2.05, 4.69) is 51.2 Å². The van der Waals surface area contributed by atoms with Gasteiger partial charge in [-0.05, 0) is 56.5 Å². The third kappa shape index (κ3) is 5.14. The third-order valence-corrected chi connectivity index (χ3v) is 7.04. The zero-order valence-electron chi connectivity index (χ0n) is 18.9. The lowest BCUT2D eigenvalue weighted by molar-refractivity contribution is -0.120. The average Bonchev–Trinajstić information content (AvgIpc) is 3.12. The molecule has 172 valence electrons. The van der Waals surface area contributed by atoms with Crippen LogP contribution in [0.1, 0.15) is 23.3 Å². The van der Waals surface area contributed by atoms with E-state index >= 15 is 0 Å². The number of hydrogen-bond donors (Lipinski definition) is 3. The van der Waals surface area contributed by atoms with Gasteiger partial charge in [-0.2, -0.15) is 0 Å². The molecule has 1 aromatic carbocycles. The second kappa shape index (κ2) is 9.99. The van der Waals surface area contributed by atoms with Gasteiger partial charge >= 0.3 is 6.03 Å². The number of carbonyl (C=O) groups excluding carboxylic acids is 2. The molecule has 1 aliphatic rings. The normalized spacial score (nSPS) is 14.2. The molecule has 0 spiro atoms. The van der Waals surface area contributed by atoms with Crippen molar-refractivity contribution < 1.29 is 9.59 Å². The largest absolute Gasteiger partial charge is 0.356 e. The zero-order chi connectivity index (χ0) is 23.4. The highest BCUT2D eigenvalue weighted by molar-refractivity contribution is 7.18. The van der Waals surface area contributed by atoms with Crippen LogP contribution in [-0.4, -0.2) is 41.5 Å². The summed E-state index contributed by atoms with van der Waals surface area (Å²) in [5.74, 6) is 0.946. The summed E-state index contributed by atoms with van der Waals surface area (Å²) in [6.45, 7) is 9.75.